The van der Waals surface area contributed by atoms with Crippen molar-refractivity contribution in [1.82, 2.24) is 14.3 Å². The molecule has 8 heteroatoms. The maximum absolute atomic E-state index is 11.8. The molecule has 0 aromatic carbocycles. The summed E-state index contributed by atoms with van der Waals surface area (Å²) >= 11 is 0. The van der Waals surface area contributed by atoms with Crippen molar-refractivity contribution in [3.63, 3.8) is 0 Å². The largest absolute Gasteiger partial charge is 0.364 e. The molecule has 1 aromatic heterocycles. The molecule has 18 heavy (non-hydrogen) atoms. The van der Waals surface area contributed by atoms with Crippen LogP contribution in [0.1, 0.15) is 13.3 Å². The average molecular weight is 274 g/mol. The Labute approximate surface area is 106 Å². The summed E-state index contributed by atoms with van der Waals surface area (Å²) in [5, 5.41) is 2.81. The molecule has 0 aliphatic heterocycles. The third kappa shape index (κ3) is 4.84. The number of sulfonamides is 1. The van der Waals surface area contributed by atoms with Gasteiger partial charge in [0.25, 0.3) is 5.56 Å². The Morgan fingerprint density at radius 1 is 1.39 bits per heavy atom. The molecule has 1 heterocycles. The lowest BCUT2D eigenvalue weighted by atomic mass is 10.4. The van der Waals surface area contributed by atoms with Gasteiger partial charge in [-0.25, -0.2) is 18.1 Å². The highest BCUT2D eigenvalue weighted by atomic mass is 32.2. The third-order valence-electron chi connectivity index (χ3n) is 2.16. The third-order valence-corrected chi connectivity index (χ3v) is 2.89. The Balaban J connectivity index is 2.58. The first-order valence-corrected chi connectivity index (χ1v) is 7.57. The van der Waals surface area contributed by atoms with Crippen LogP contribution in [-0.2, 0) is 16.6 Å². The Kier molecular flexibility index (Phi) is 5.29. The predicted molar refractivity (Wildman–Crippen MR) is 70.1 cm³/mol. The molecule has 0 spiro atoms. The van der Waals surface area contributed by atoms with Gasteiger partial charge in [0, 0.05) is 32.0 Å². The molecule has 102 valence electrons. The van der Waals surface area contributed by atoms with Crippen LogP contribution in [-0.4, -0.2) is 37.3 Å². The number of rotatable bonds is 7. The summed E-state index contributed by atoms with van der Waals surface area (Å²) in [6.45, 7) is 3.14. The molecular weight excluding hydrogens is 256 g/mol. The predicted octanol–water partition coefficient (Wildman–Crippen LogP) is -0.386. The first-order chi connectivity index (χ1) is 8.44. The van der Waals surface area contributed by atoms with Gasteiger partial charge in [-0.1, -0.05) is 6.92 Å². The Hall–Kier alpha value is -1.41. The van der Waals surface area contributed by atoms with E-state index in [1.807, 2.05) is 6.92 Å². The van der Waals surface area contributed by atoms with Crippen molar-refractivity contribution in [3.8, 4) is 0 Å². The molecule has 0 unspecified atom stereocenters. The molecule has 2 N–H and O–H groups in total. The van der Waals surface area contributed by atoms with Gasteiger partial charge in [0.1, 0.15) is 0 Å². The first-order valence-electron chi connectivity index (χ1n) is 5.68. The lowest BCUT2D eigenvalue weighted by Gasteiger charge is -2.08. The number of anilines is 1. The summed E-state index contributed by atoms with van der Waals surface area (Å²) in [5.41, 5.74) is -0.196. The van der Waals surface area contributed by atoms with Gasteiger partial charge >= 0.3 is 0 Å². The molecule has 0 atom stereocenters. The van der Waals surface area contributed by atoms with Crippen LogP contribution in [0.5, 0.6) is 0 Å². The average Bonchev–Trinajstić information content (AvgIpc) is 2.28. The lowest BCUT2D eigenvalue weighted by molar-refractivity contribution is 0.589. The van der Waals surface area contributed by atoms with Crippen molar-refractivity contribution in [2.24, 2.45) is 0 Å². The standard InChI is InChI=1S/C10H18N4O3S/c1-3-7-14-8-6-12-9(10(14)15)11-4-5-13-18(2,16)17/h6,8,13H,3-5,7H2,1-2H3,(H,11,12). The smallest absolute Gasteiger partial charge is 0.293 e. The summed E-state index contributed by atoms with van der Waals surface area (Å²) < 4.78 is 25.6. The van der Waals surface area contributed by atoms with Crippen LogP contribution in [0.25, 0.3) is 0 Å². The second-order valence-electron chi connectivity index (χ2n) is 3.87. The zero-order chi connectivity index (χ0) is 13.6. The molecule has 0 saturated heterocycles. The minimum Gasteiger partial charge on any atom is -0.364 e. The van der Waals surface area contributed by atoms with Gasteiger partial charge in [-0.05, 0) is 6.42 Å². The summed E-state index contributed by atoms with van der Waals surface area (Å²) in [6.07, 6.45) is 5.12. The monoisotopic (exact) mass is 274 g/mol. The maximum atomic E-state index is 11.8. The van der Waals surface area contributed by atoms with Crippen LogP contribution < -0.4 is 15.6 Å². The van der Waals surface area contributed by atoms with E-state index in [-0.39, 0.29) is 17.9 Å². The molecule has 0 bridgehead atoms. The van der Waals surface area contributed by atoms with E-state index in [9.17, 15) is 13.2 Å². The minimum atomic E-state index is -3.20. The van der Waals surface area contributed by atoms with Crippen LogP contribution in [0.3, 0.4) is 0 Å². The van der Waals surface area contributed by atoms with Gasteiger partial charge in [-0.2, -0.15) is 0 Å². The fourth-order valence-corrected chi connectivity index (χ4v) is 1.88. The van der Waals surface area contributed by atoms with E-state index in [1.54, 1.807) is 17.0 Å². The van der Waals surface area contributed by atoms with Crippen LogP contribution in [0.4, 0.5) is 5.82 Å². The maximum Gasteiger partial charge on any atom is 0.293 e. The molecular formula is C10H18N4O3S. The SMILES string of the molecule is CCCn1ccnc(NCCNS(C)(=O)=O)c1=O. The van der Waals surface area contributed by atoms with E-state index >= 15 is 0 Å². The molecule has 0 amide bonds. The van der Waals surface area contributed by atoms with Gasteiger partial charge in [0.15, 0.2) is 5.82 Å². The van der Waals surface area contributed by atoms with E-state index in [4.69, 9.17) is 0 Å². The van der Waals surface area contributed by atoms with Crippen molar-refractivity contribution in [1.29, 1.82) is 0 Å². The highest BCUT2D eigenvalue weighted by Crippen LogP contribution is 1.93. The van der Waals surface area contributed by atoms with Crippen molar-refractivity contribution in [2.45, 2.75) is 19.9 Å². The van der Waals surface area contributed by atoms with Crippen molar-refractivity contribution < 1.29 is 8.42 Å². The van der Waals surface area contributed by atoms with Crippen molar-refractivity contribution >= 4 is 15.8 Å². The van der Waals surface area contributed by atoms with Crippen molar-refractivity contribution in [2.75, 3.05) is 24.7 Å². The minimum absolute atomic E-state index is 0.196. The topological polar surface area (TPSA) is 93.1 Å². The molecule has 7 nitrogen and oxygen atoms in total. The quantitative estimate of drug-likeness (QED) is 0.661. The van der Waals surface area contributed by atoms with Gasteiger partial charge in [-0.3, -0.25) is 4.79 Å². The van der Waals surface area contributed by atoms with Crippen LogP contribution in [0.15, 0.2) is 17.2 Å². The van der Waals surface area contributed by atoms with Gasteiger partial charge < -0.3 is 9.88 Å². The normalized spacial score (nSPS) is 11.4. The van der Waals surface area contributed by atoms with Crippen LogP contribution in [0.2, 0.25) is 0 Å². The van der Waals surface area contributed by atoms with E-state index < -0.39 is 10.0 Å². The second kappa shape index (κ2) is 6.50. The number of nitrogens with one attached hydrogen (secondary N) is 2. The van der Waals surface area contributed by atoms with Crippen molar-refractivity contribution in [3.05, 3.63) is 22.7 Å². The summed E-state index contributed by atoms with van der Waals surface area (Å²) in [5.74, 6) is 0.237. The molecule has 0 radical (unpaired) electrons. The first kappa shape index (κ1) is 14.7. The highest BCUT2D eigenvalue weighted by molar-refractivity contribution is 7.88. The van der Waals surface area contributed by atoms with Gasteiger partial charge in [-0.15, -0.1) is 0 Å². The van der Waals surface area contributed by atoms with Crippen LogP contribution >= 0.6 is 0 Å². The van der Waals surface area contributed by atoms with Gasteiger partial charge in [0.05, 0.1) is 6.26 Å². The molecule has 1 aromatic rings. The summed E-state index contributed by atoms with van der Waals surface area (Å²) in [7, 11) is -3.20. The molecule has 0 aliphatic rings. The zero-order valence-corrected chi connectivity index (χ0v) is 11.3. The Morgan fingerprint density at radius 3 is 2.72 bits per heavy atom. The Morgan fingerprint density at radius 2 is 2.11 bits per heavy atom. The summed E-state index contributed by atoms with van der Waals surface area (Å²) in [4.78, 5) is 15.8. The second-order valence-corrected chi connectivity index (χ2v) is 5.70. The fraction of sp³-hybridized carbons (Fsp3) is 0.600. The zero-order valence-electron chi connectivity index (χ0n) is 10.5. The number of aryl methyl sites for hydroxylation is 1. The Bertz CT molecular complexity index is 538. The molecule has 0 fully saturated rings. The fourth-order valence-electron chi connectivity index (χ4n) is 1.40. The number of hydrogen-bond donors (Lipinski definition) is 2. The van der Waals surface area contributed by atoms with E-state index in [0.29, 0.717) is 13.1 Å². The number of aromatic nitrogens is 2. The van der Waals surface area contributed by atoms with E-state index in [1.165, 1.54) is 0 Å². The lowest BCUT2D eigenvalue weighted by Crippen LogP contribution is -2.30. The highest BCUT2D eigenvalue weighted by Gasteiger charge is 2.04. The molecule has 0 aliphatic carbocycles. The number of nitrogens with zero attached hydrogens (tertiary/aromatic N) is 2. The van der Waals surface area contributed by atoms with E-state index in [2.05, 4.69) is 15.0 Å². The van der Waals surface area contributed by atoms with Crippen LogP contribution in [0, 0.1) is 0 Å². The van der Waals surface area contributed by atoms with E-state index in [0.717, 1.165) is 12.7 Å². The number of hydrogen-bond acceptors (Lipinski definition) is 5. The summed E-state index contributed by atoms with van der Waals surface area (Å²) in [6, 6.07) is 0. The molecule has 1 rings (SSSR count). The molecule has 0 saturated carbocycles. The van der Waals surface area contributed by atoms with Gasteiger partial charge in [0.2, 0.25) is 10.0 Å².